The van der Waals surface area contributed by atoms with Gasteiger partial charge in [0.15, 0.2) is 0 Å². The van der Waals surface area contributed by atoms with Crippen molar-refractivity contribution in [3.05, 3.63) is 39.4 Å². The second-order valence-electron chi connectivity index (χ2n) is 4.60. The summed E-state index contributed by atoms with van der Waals surface area (Å²) in [6.45, 7) is 2.44. The molecule has 0 saturated carbocycles. The first-order valence-electron chi connectivity index (χ1n) is 5.94. The van der Waals surface area contributed by atoms with E-state index < -0.39 is 16.6 Å². The molecule has 7 heteroatoms. The molecule has 0 aliphatic carbocycles. The van der Waals surface area contributed by atoms with Gasteiger partial charge in [0.1, 0.15) is 5.56 Å². The fraction of sp³-hybridized carbons (Fsp3) is 0.385. The van der Waals surface area contributed by atoms with Crippen LogP contribution >= 0.6 is 0 Å². The molecule has 0 amide bonds. The Morgan fingerprint density at radius 3 is 2.75 bits per heavy atom. The lowest BCUT2D eigenvalue weighted by molar-refractivity contribution is -0.385. The molecule has 0 radical (unpaired) electrons. The van der Waals surface area contributed by atoms with E-state index in [1.807, 2.05) is 0 Å². The molecular weight excluding hydrogens is 262 g/mol. The maximum Gasteiger partial charge on any atom is 0.343 e. The summed E-state index contributed by atoms with van der Waals surface area (Å²) in [6, 6.07) is 6.26. The summed E-state index contributed by atoms with van der Waals surface area (Å²) in [5.74, 6) is -1.53. The molecule has 20 heavy (non-hydrogen) atoms. The first-order valence-corrected chi connectivity index (χ1v) is 5.94. The van der Waals surface area contributed by atoms with Gasteiger partial charge in [-0.1, -0.05) is 12.1 Å². The average Bonchev–Trinajstić information content (AvgIpc) is 2.37. The van der Waals surface area contributed by atoms with Crippen LogP contribution in [0.3, 0.4) is 0 Å². The molecule has 106 valence electrons. The van der Waals surface area contributed by atoms with Crippen LogP contribution in [-0.2, 0) is 6.54 Å². The molecule has 1 atom stereocenters. The third-order valence-electron chi connectivity index (χ3n) is 2.79. The zero-order valence-corrected chi connectivity index (χ0v) is 11.2. The van der Waals surface area contributed by atoms with E-state index in [0.717, 1.165) is 0 Å². The second kappa shape index (κ2) is 6.63. The Hall–Kier alpha value is -2.46. The highest BCUT2D eigenvalue weighted by Crippen LogP contribution is 2.23. The quantitative estimate of drug-likeness (QED) is 0.628. The molecular formula is C13H15N3O4. The maximum absolute atomic E-state index is 11.2. The highest BCUT2D eigenvalue weighted by atomic mass is 16.6. The summed E-state index contributed by atoms with van der Waals surface area (Å²) in [7, 11) is 1.73. The monoisotopic (exact) mass is 277 g/mol. The van der Waals surface area contributed by atoms with E-state index in [9.17, 15) is 14.9 Å². The smallest absolute Gasteiger partial charge is 0.343 e. The largest absolute Gasteiger partial charge is 0.477 e. The Morgan fingerprint density at radius 2 is 2.25 bits per heavy atom. The zero-order chi connectivity index (χ0) is 15.3. The van der Waals surface area contributed by atoms with Gasteiger partial charge in [0.25, 0.3) is 5.69 Å². The molecule has 0 aliphatic heterocycles. The SMILES string of the molecule is CC(C#N)CN(C)Cc1cccc([N+](=O)[O-])c1C(=O)O. The van der Waals surface area contributed by atoms with Crippen LogP contribution in [0.15, 0.2) is 18.2 Å². The Balaban J connectivity index is 3.07. The number of nitriles is 1. The summed E-state index contributed by atoms with van der Waals surface area (Å²) in [5.41, 5.74) is -0.356. The van der Waals surface area contributed by atoms with Crippen LogP contribution in [0.2, 0.25) is 0 Å². The molecule has 0 heterocycles. The van der Waals surface area contributed by atoms with Gasteiger partial charge in [0.2, 0.25) is 0 Å². The topological polar surface area (TPSA) is 107 Å². The minimum atomic E-state index is -1.32. The maximum atomic E-state index is 11.2. The van der Waals surface area contributed by atoms with Gasteiger partial charge in [-0.05, 0) is 19.5 Å². The fourth-order valence-corrected chi connectivity index (χ4v) is 1.98. The van der Waals surface area contributed by atoms with Gasteiger partial charge in [0.05, 0.1) is 16.9 Å². The Bertz CT molecular complexity index is 565. The van der Waals surface area contributed by atoms with Gasteiger partial charge in [-0.2, -0.15) is 5.26 Å². The molecule has 1 unspecified atom stereocenters. The van der Waals surface area contributed by atoms with E-state index in [4.69, 9.17) is 10.4 Å². The zero-order valence-electron chi connectivity index (χ0n) is 11.2. The molecule has 7 nitrogen and oxygen atoms in total. The molecule has 1 aromatic rings. The number of benzene rings is 1. The summed E-state index contributed by atoms with van der Waals surface area (Å²) in [6.07, 6.45) is 0. The molecule has 0 saturated heterocycles. The third-order valence-corrected chi connectivity index (χ3v) is 2.79. The fourth-order valence-electron chi connectivity index (χ4n) is 1.98. The highest BCUT2D eigenvalue weighted by Gasteiger charge is 2.24. The van der Waals surface area contributed by atoms with Crippen molar-refractivity contribution in [2.75, 3.05) is 13.6 Å². The van der Waals surface area contributed by atoms with Crippen molar-refractivity contribution in [2.24, 2.45) is 5.92 Å². The van der Waals surface area contributed by atoms with Crippen molar-refractivity contribution in [3.63, 3.8) is 0 Å². The van der Waals surface area contributed by atoms with Crippen LogP contribution in [0.25, 0.3) is 0 Å². The number of carboxylic acids is 1. The van der Waals surface area contributed by atoms with Gasteiger partial charge in [0, 0.05) is 19.2 Å². The van der Waals surface area contributed by atoms with Gasteiger partial charge < -0.3 is 10.0 Å². The van der Waals surface area contributed by atoms with E-state index in [-0.39, 0.29) is 18.0 Å². The highest BCUT2D eigenvalue weighted by molar-refractivity contribution is 5.94. The Morgan fingerprint density at radius 1 is 1.60 bits per heavy atom. The Labute approximate surface area is 116 Å². The lowest BCUT2D eigenvalue weighted by Crippen LogP contribution is -2.24. The van der Waals surface area contributed by atoms with E-state index in [2.05, 4.69) is 6.07 Å². The van der Waals surface area contributed by atoms with Crippen molar-refractivity contribution in [2.45, 2.75) is 13.5 Å². The van der Waals surface area contributed by atoms with E-state index >= 15 is 0 Å². The molecule has 1 rings (SSSR count). The van der Waals surface area contributed by atoms with E-state index in [1.54, 1.807) is 24.9 Å². The predicted octanol–water partition coefficient (Wildman–Crippen LogP) is 1.88. The van der Waals surface area contributed by atoms with Crippen LogP contribution in [-0.4, -0.2) is 34.5 Å². The third kappa shape index (κ3) is 3.76. The number of nitro groups is 1. The van der Waals surface area contributed by atoms with Crippen molar-refractivity contribution in [3.8, 4) is 6.07 Å². The minimum absolute atomic E-state index is 0.202. The van der Waals surface area contributed by atoms with Crippen molar-refractivity contribution >= 4 is 11.7 Å². The second-order valence-corrected chi connectivity index (χ2v) is 4.60. The van der Waals surface area contributed by atoms with Crippen molar-refractivity contribution in [1.82, 2.24) is 4.90 Å². The van der Waals surface area contributed by atoms with E-state index in [1.165, 1.54) is 12.1 Å². The molecule has 0 fully saturated rings. The number of hydrogen-bond acceptors (Lipinski definition) is 5. The number of nitrogens with zero attached hydrogens (tertiary/aromatic N) is 3. The number of nitro benzene ring substituents is 1. The first-order chi connectivity index (χ1) is 9.36. The van der Waals surface area contributed by atoms with Gasteiger partial charge >= 0.3 is 5.97 Å². The number of aromatic carboxylic acids is 1. The van der Waals surface area contributed by atoms with Crippen molar-refractivity contribution in [1.29, 1.82) is 5.26 Å². The summed E-state index contributed by atoms with van der Waals surface area (Å²) >= 11 is 0. The minimum Gasteiger partial charge on any atom is -0.477 e. The summed E-state index contributed by atoms with van der Waals surface area (Å²) in [5, 5.41) is 28.8. The van der Waals surface area contributed by atoms with Crippen LogP contribution in [0.1, 0.15) is 22.8 Å². The van der Waals surface area contributed by atoms with Gasteiger partial charge in [-0.25, -0.2) is 4.79 Å². The number of carbonyl (C=O) groups is 1. The van der Waals surface area contributed by atoms with Gasteiger partial charge in [-0.15, -0.1) is 0 Å². The average molecular weight is 277 g/mol. The standard InChI is InChI=1S/C13H15N3O4/c1-9(6-14)7-15(2)8-10-4-3-5-11(16(19)20)12(10)13(17)18/h3-5,9H,7-8H2,1-2H3,(H,17,18). The van der Waals surface area contributed by atoms with Crippen LogP contribution < -0.4 is 0 Å². The molecule has 0 aliphatic rings. The molecule has 0 aromatic heterocycles. The number of hydrogen-bond donors (Lipinski definition) is 1. The summed E-state index contributed by atoms with van der Waals surface area (Å²) < 4.78 is 0. The molecule has 0 spiro atoms. The number of carboxylic acid groups (broad SMARTS) is 1. The van der Waals surface area contributed by atoms with Crippen molar-refractivity contribution < 1.29 is 14.8 Å². The molecule has 1 N–H and O–H groups in total. The lowest BCUT2D eigenvalue weighted by atomic mass is 10.0. The lowest BCUT2D eigenvalue weighted by Gasteiger charge is -2.18. The van der Waals surface area contributed by atoms with E-state index in [0.29, 0.717) is 12.1 Å². The van der Waals surface area contributed by atoms with Crippen LogP contribution in [0.5, 0.6) is 0 Å². The number of rotatable bonds is 6. The normalized spacial score (nSPS) is 11.9. The first kappa shape index (κ1) is 15.6. The summed E-state index contributed by atoms with van der Waals surface area (Å²) in [4.78, 5) is 23.2. The molecule has 0 bridgehead atoms. The van der Waals surface area contributed by atoms with Gasteiger partial charge in [-0.3, -0.25) is 10.1 Å². The Kier molecular flexibility index (Phi) is 5.17. The van der Waals surface area contributed by atoms with Crippen LogP contribution in [0, 0.1) is 27.4 Å². The van der Waals surface area contributed by atoms with Crippen LogP contribution in [0.4, 0.5) is 5.69 Å². The predicted molar refractivity (Wildman–Crippen MR) is 71.2 cm³/mol. The molecule has 1 aromatic carbocycles.